The van der Waals surface area contributed by atoms with Crippen LogP contribution in [0, 0.1) is 11.3 Å². The topological polar surface area (TPSA) is 36.3 Å². The molecular formula is C13H15BrN2O. The zero-order chi connectivity index (χ0) is 12.3. The quantitative estimate of drug-likeness (QED) is 0.841. The zero-order valence-corrected chi connectivity index (χ0v) is 11.4. The third-order valence-electron chi connectivity index (χ3n) is 3.15. The maximum Gasteiger partial charge on any atom is 0.0992 e. The van der Waals surface area contributed by atoms with Gasteiger partial charge in [-0.1, -0.05) is 15.9 Å². The molecule has 0 spiro atoms. The van der Waals surface area contributed by atoms with Gasteiger partial charge in [-0.25, -0.2) is 0 Å². The molecule has 1 aliphatic heterocycles. The van der Waals surface area contributed by atoms with Crippen molar-refractivity contribution < 1.29 is 4.74 Å². The van der Waals surface area contributed by atoms with Crippen LogP contribution >= 0.6 is 15.9 Å². The van der Waals surface area contributed by atoms with Crippen LogP contribution in [0.2, 0.25) is 0 Å². The van der Waals surface area contributed by atoms with Crippen molar-refractivity contribution in [2.75, 3.05) is 25.1 Å². The summed E-state index contributed by atoms with van der Waals surface area (Å²) in [6.45, 7) is 1.97. The van der Waals surface area contributed by atoms with Crippen LogP contribution in [0.4, 0.5) is 5.69 Å². The van der Waals surface area contributed by atoms with E-state index in [9.17, 15) is 0 Å². The molecule has 1 heterocycles. The molecule has 1 fully saturated rings. The number of nitrogens with zero attached hydrogens (tertiary/aromatic N) is 2. The van der Waals surface area contributed by atoms with Crippen LogP contribution in [0.3, 0.4) is 0 Å². The van der Waals surface area contributed by atoms with Crippen LogP contribution in [0.15, 0.2) is 22.7 Å². The number of hydrogen-bond acceptors (Lipinski definition) is 3. The average molecular weight is 295 g/mol. The molecule has 0 radical (unpaired) electrons. The first-order valence-corrected chi connectivity index (χ1v) is 6.50. The first-order valence-electron chi connectivity index (χ1n) is 5.71. The van der Waals surface area contributed by atoms with Gasteiger partial charge in [0.2, 0.25) is 0 Å². The smallest absolute Gasteiger partial charge is 0.0992 e. The molecule has 0 bridgehead atoms. The molecule has 0 amide bonds. The third-order valence-corrected chi connectivity index (χ3v) is 3.61. The second-order valence-corrected chi connectivity index (χ2v) is 5.15. The molecule has 3 nitrogen and oxygen atoms in total. The van der Waals surface area contributed by atoms with E-state index in [-0.39, 0.29) is 0 Å². The van der Waals surface area contributed by atoms with E-state index in [1.807, 2.05) is 12.1 Å². The highest BCUT2D eigenvalue weighted by Gasteiger charge is 2.19. The zero-order valence-electron chi connectivity index (χ0n) is 9.82. The average Bonchev–Trinajstić information content (AvgIpc) is 2.38. The lowest BCUT2D eigenvalue weighted by Crippen LogP contribution is -2.36. The summed E-state index contributed by atoms with van der Waals surface area (Å²) in [7, 11) is 1.77. The molecule has 1 saturated heterocycles. The highest BCUT2D eigenvalue weighted by molar-refractivity contribution is 9.10. The Morgan fingerprint density at radius 2 is 2.06 bits per heavy atom. The molecule has 1 aliphatic rings. The molecule has 0 saturated carbocycles. The van der Waals surface area contributed by atoms with Gasteiger partial charge < -0.3 is 9.64 Å². The molecule has 0 unspecified atom stereocenters. The summed E-state index contributed by atoms with van der Waals surface area (Å²) < 4.78 is 6.31. The van der Waals surface area contributed by atoms with E-state index in [4.69, 9.17) is 10.00 Å². The van der Waals surface area contributed by atoms with Crippen LogP contribution in [0.5, 0.6) is 0 Å². The minimum atomic E-state index is 0.383. The standard InChI is InChI=1S/C13H15BrN2O/c1-17-13-2-4-16(5-3-13)12-7-10(9-15)6-11(14)8-12/h6-8,13H,2-5H2,1H3. The van der Waals surface area contributed by atoms with Gasteiger partial charge in [0.25, 0.3) is 0 Å². The number of methoxy groups -OCH3 is 1. The van der Waals surface area contributed by atoms with Crippen LogP contribution in [-0.4, -0.2) is 26.3 Å². The van der Waals surface area contributed by atoms with Crippen molar-refractivity contribution in [1.82, 2.24) is 0 Å². The summed E-state index contributed by atoms with van der Waals surface area (Å²) in [5.74, 6) is 0. The Balaban J connectivity index is 2.13. The first kappa shape index (κ1) is 12.4. The molecule has 0 atom stereocenters. The summed E-state index contributed by atoms with van der Waals surface area (Å²) in [5.41, 5.74) is 1.81. The lowest BCUT2D eigenvalue weighted by atomic mass is 10.1. The van der Waals surface area contributed by atoms with Crippen molar-refractivity contribution in [1.29, 1.82) is 5.26 Å². The van der Waals surface area contributed by atoms with E-state index in [0.29, 0.717) is 11.7 Å². The summed E-state index contributed by atoms with van der Waals surface area (Å²) in [6, 6.07) is 8.03. The van der Waals surface area contributed by atoms with E-state index in [2.05, 4.69) is 33.0 Å². The summed E-state index contributed by atoms with van der Waals surface area (Å²) >= 11 is 3.44. The molecule has 0 aromatic heterocycles. The summed E-state index contributed by atoms with van der Waals surface area (Å²) in [4.78, 5) is 2.31. The molecule has 1 aromatic rings. The van der Waals surface area contributed by atoms with Gasteiger partial charge in [0.1, 0.15) is 0 Å². The fourth-order valence-corrected chi connectivity index (χ4v) is 2.65. The van der Waals surface area contributed by atoms with Crippen LogP contribution in [0.1, 0.15) is 18.4 Å². The molecule has 4 heteroatoms. The Bertz CT molecular complexity index is 434. The van der Waals surface area contributed by atoms with E-state index in [1.165, 1.54) is 0 Å². The summed E-state index contributed by atoms with van der Waals surface area (Å²) in [6.07, 6.45) is 2.48. The van der Waals surface area contributed by atoms with Gasteiger partial charge in [-0.15, -0.1) is 0 Å². The number of hydrogen-bond donors (Lipinski definition) is 0. The molecular weight excluding hydrogens is 280 g/mol. The number of rotatable bonds is 2. The van der Waals surface area contributed by atoms with Crippen molar-refractivity contribution in [2.24, 2.45) is 0 Å². The van der Waals surface area contributed by atoms with Crippen LogP contribution in [0.25, 0.3) is 0 Å². The predicted molar refractivity (Wildman–Crippen MR) is 71.1 cm³/mol. The van der Waals surface area contributed by atoms with Crippen LogP contribution in [-0.2, 0) is 4.74 Å². The predicted octanol–water partition coefficient (Wildman–Crippen LogP) is 2.94. The molecule has 2 rings (SSSR count). The first-order chi connectivity index (χ1) is 8.22. The van der Waals surface area contributed by atoms with Gasteiger partial charge in [-0.3, -0.25) is 0 Å². The van der Waals surface area contributed by atoms with Gasteiger partial charge in [0.15, 0.2) is 0 Å². The SMILES string of the molecule is COC1CCN(c2cc(Br)cc(C#N)c2)CC1. The maximum absolute atomic E-state index is 8.96. The minimum absolute atomic E-state index is 0.383. The Morgan fingerprint density at radius 3 is 2.65 bits per heavy atom. The monoisotopic (exact) mass is 294 g/mol. The second kappa shape index (κ2) is 5.52. The van der Waals surface area contributed by atoms with E-state index >= 15 is 0 Å². The number of benzene rings is 1. The lowest BCUT2D eigenvalue weighted by Gasteiger charge is -2.33. The van der Waals surface area contributed by atoms with E-state index < -0.39 is 0 Å². The molecule has 17 heavy (non-hydrogen) atoms. The Labute approximate surface area is 110 Å². The second-order valence-electron chi connectivity index (χ2n) is 4.23. The Hall–Kier alpha value is -1.05. The van der Waals surface area contributed by atoms with Gasteiger partial charge >= 0.3 is 0 Å². The highest BCUT2D eigenvalue weighted by Crippen LogP contribution is 2.25. The van der Waals surface area contributed by atoms with E-state index in [0.717, 1.165) is 36.1 Å². The van der Waals surface area contributed by atoms with Crippen molar-refractivity contribution in [3.8, 4) is 6.07 Å². The fourth-order valence-electron chi connectivity index (χ4n) is 2.17. The van der Waals surface area contributed by atoms with Gasteiger partial charge in [-0.05, 0) is 31.0 Å². The van der Waals surface area contributed by atoms with Crippen molar-refractivity contribution in [2.45, 2.75) is 18.9 Å². The number of halogens is 1. The largest absolute Gasteiger partial charge is 0.381 e. The minimum Gasteiger partial charge on any atom is -0.381 e. The van der Waals surface area contributed by atoms with E-state index in [1.54, 1.807) is 7.11 Å². The normalized spacial score (nSPS) is 16.9. The van der Waals surface area contributed by atoms with Gasteiger partial charge in [0.05, 0.1) is 17.7 Å². The Morgan fingerprint density at radius 1 is 1.35 bits per heavy atom. The van der Waals surface area contributed by atoms with Gasteiger partial charge in [0, 0.05) is 30.4 Å². The number of piperidine rings is 1. The number of ether oxygens (including phenoxy) is 1. The Kier molecular flexibility index (Phi) is 4.03. The molecule has 0 N–H and O–H groups in total. The maximum atomic E-state index is 8.96. The fraction of sp³-hybridized carbons (Fsp3) is 0.462. The number of anilines is 1. The number of nitriles is 1. The molecule has 0 aliphatic carbocycles. The molecule has 1 aromatic carbocycles. The summed E-state index contributed by atoms with van der Waals surface area (Å²) in [5, 5.41) is 8.96. The molecule has 90 valence electrons. The van der Waals surface area contributed by atoms with Crippen molar-refractivity contribution >= 4 is 21.6 Å². The lowest BCUT2D eigenvalue weighted by molar-refractivity contribution is 0.0819. The third kappa shape index (κ3) is 2.99. The van der Waals surface area contributed by atoms with Crippen LogP contribution < -0.4 is 4.90 Å². The highest BCUT2D eigenvalue weighted by atomic mass is 79.9. The van der Waals surface area contributed by atoms with Crippen molar-refractivity contribution in [3.05, 3.63) is 28.2 Å². The van der Waals surface area contributed by atoms with Gasteiger partial charge in [-0.2, -0.15) is 5.26 Å². The van der Waals surface area contributed by atoms with Crippen molar-refractivity contribution in [3.63, 3.8) is 0 Å².